The van der Waals surface area contributed by atoms with Crippen LogP contribution < -0.4 is 10.1 Å². The van der Waals surface area contributed by atoms with E-state index in [9.17, 15) is 9.90 Å². The molecular formula is C20H28N4O3. The van der Waals surface area contributed by atoms with Gasteiger partial charge in [0.15, 0.2) is 5.60 Å². The van der Waals surface area contributed by atoms with Crippen molar-refractivity contribution in [3.63, 3.8) is 0 Å². The number of carbonyl (C=O) groups excluding carboxylic acids is 1. The van der Waals surface area contributed by atoms with Crippen molar-refractivity contribution in [2.24, 2.45) is 0 Å². The minimum Gasteiger partial charge on any atom is -0.497 e. The van der Waals surface area contributed by atoms with E-state index in [2.05, 4.69) is 10.4 Å². The van der Waals surface area contributed by atoms with Crippen LogP contribution in [0.1, 0.15) is 24.1 Å². The fourth-order valence-corrected chi connectivity index (χ4v) is 3.45. The van der Waals surface area contributed by atoms with Gasteiger partial charge in [0.25, 0.3) is 5.91 Å². The SMILES string of the molecule is COc1cccc(CN2CCC[C@](O)(CNCCn3ccc(C)n3)C2=O)c1. The fourth-order valence-electron chi connectivity index (χ4n) is 3.45. The van der Waals surface area contributed by atoms with Gasteiger partial charge in [-0.1, -0.05) is 12.1 Å². The second-order valence-corrected chi connectivity index (χ2v) is 7.11. The summed E-state index contributed by atoms with van der Waals surface area (Å²) in [7, 11) is 1.63. The van der Waals surface area contributed by atoms with Crippen LogP contribution in [-0.4, -0.2) is 58.0 Å². The Morgan fingerprint density at radius 3 is 2.96 bits per heavy atom. The van der Waals surface area contributed by atoms with Crippen molar-refractivity contribution in [3.05, 3.63) is 47.8 Å². The number of hydrogen-bond acceptors (Lipinski definition) is 5. The highest BCUT2D eigenvalue weighted by Gasteiger charge is 2.41. The van der Waals surface area contributed by atoms with Crippen LogP contribution in [0.5, 0.6) is 5.75 Å². The number of carbonyl (C=O) groups is 1. The lowest BCUT2D eigenvalue weighted by Crippen LogP contribution is -2.57. The summed E-state index contributed by atoms with van der Waals surface area (Å²) >= 11 is 0. The average molecular weight is 372 g/mol. The van der Waals surface area contributed by atoms with Gasteiger partial charge in [-0.3, -0.25) is 9.48 Å². The lowest BCUT2D eigenvalue weighted by Gasteiger charge is -2.38. The van der Waals surface area contributed by atoms with Gasteiger partial charge in [0.05, 0.1) is 19.3 Å². The molecule has 146 valence electrons. The third-order valence-corrected chi connectivity index (χ3v) is 4.92. The third kappa shape index (κ3) is 4.87. The monoisotopic (exact) mass is 372 g/mol. The third-order valence-electron chi connectivity index (χ3n) is 4.92. The maximum Gasteiger partial charge on any atom is 0.256 e. The minimum absolute atomic E-state index is 0.209. The van der Waals surface area contributed by atoms with Crippen molar-refractivity contribution in [1.29, 1.82) is 0 Å². The van der Waals surface area contributed by atoms with E-state index in [0.29, 0.717) is 32.6 Å². The Morgan fingerprint density at radius 2 is 2.22 bits per heavy atom. The summed E-state index contributed by atoms with van der Waals surface area (Å²) in [5.41, 5.74) is 0.621. The maximum absolute atomic E-state index is 12.9. The molecule has 7 heteroatoms. The normalized spacial score (nSPS) is 20.1. The molecular weight excluding hydrogens is 344 g/mol. The zero-order chi connectivity index (χ0) is 19.3. The van der Waals surface area contributed by atoms with E-state index in [4.69, 9.17) is 4.74 Å². The topological polar surface area (TPSA) is 79.6 Å². The summed E-state index contributed by atoms with van der Waals surface area (Å²) in [6, 6.07) is 9.63. The number of piperidine rings is 1. The van der Waals surface area contributed by atoms with E-state index < -0.39 is 5.60 Å². The summed E-state index contributed by atoms with van der Waals surface area (Å²) in [5, 5.41) is 18.4. The smallest absolute Gasteiger partial charge is 0.256 e. The van der Waals surface area contributed by atoms with Crippen molar-refractivity contribution in [2.75, 3.05) is 26.7 Å². The van der Waals surface area contributed by atoms with Gasteiger partial charge in [-0.2, -0.15) is 5.10 Å². The van der Waals surface area contributed by atoms with E-state index in [1.54, 1.807) is 12.0 Å². The quantitative estimate of drug-likeness (QED) is 0.684. The largest absolute Gasteiger partial charge is 0.497 e. The first-order valence-electron chi connectivity index (χ1n) is 9.36. The van der Waals surface area contributed by atoms with Gasteiger partial charge in [0.1, 0.15) is 5.75 Å². The highest BCUT2D eigenvalue weighted by atomic mass is 16.5. The Labute approximate surface area is 159 Å². The Kier molecular flexibility index (Phi) is 6.13. The van der Waals surface area contributed by atoms with E-state index in [1.165, 1.54) is 0 Å². The molecule has 2 N–H and O–H groups in total. The van der Waals surface area contributed by atoms with Crippen molar-refractivity contribution >= 4 is 5.91 Å². The number of nitrogens with zero attached hydrogens (tertiary/aromatic N) is 3. The van der Waals surface area contributed by atoms with Gasteiger partial charge >= 0.3 is 0 Å². The molecule has 1 aromatic heterocycles. The molecule has 2 heterocycles. The van der Waals surface area contributed by atoms with E-state index in [0.717, 1.165) is 23.4 Å². The van der Waals surface area contributed by atoms with Gasteiger partial charge in [-0.05, 0) is 43.5 Å². The lowest BCUT2D eigenvalue weighted by molar-refractivity contribution is -0.157. The molecule has 0 spiro atoms. The molecule has 2 aromatic rings. The molecule has 1 aliphatic heterocycles. The van der Waals surface area contributed by atoms with Crippen molar-refractivity contribution in [2.45, 2.75) is 38.5 Å². The minimum atomic E-state index is -1.35. The number of aromatic nitrogens is 2. The average Bonchev–Trinajstić information content (AvgIpc) is 3.08. The molecule has 1 aromatic carbocycles. The number of ether oxygens (including phenoxy) is 1. The fraction of sp³-hybridized carbons (Fsp3) is 0.500. The number of rotatable bonds is 8. The first-order chi connectivity index (χ1) is 13.0. The number of aryl methyl sites for hydroxylation is 1. The second-order valence-electron chi connectivity index (χ2n) is 7.11. The van der Waals surface area contributed by atoms with Gasteiger partial charge in [-0.15, -0.1) is 0 Å². The van der Waals surface area contributed by atoms with Crippen LogP contribution in [0.15, 0.2) is 36.5 Å². The molecule has 0 saturated carbocycles. The molecule has 0 radical (unpaired) electrons. The van der Waals surface area contributed by atoms with Crippen LogP contribution in [0.4, 0.5) is 0 Å². The highest BCUT2D eigenvalue weighted by Crippen LogP contribution is 2.24. The Hall–Kier alpha value is -2.38. The molecule has 0 bridgehead atoms. The highest BCUT2D eigenvalue weighted by molar-refractivity contribution is 5.86. The van der Waals surface area contributed by atoms with Gasteiger partial charge in [-0.25, -0.2) is 0 Å². The van der Waals surface area contributed by atoms with E-state index in [1.807, 2.05) is 48.1 Å². The molecule has 0 unspecified atom stereocenters. The lowest BCUT2D eigenvalue weighted by atomic mass is 9.91. The summed E-state index contributed by atoms with van der Waals surface area (Å²) in [4.78, 5) is 14.6. The van der Waals surface area contributed by atoms with Crippen LogP contribution in [0.3, 0.4) is 0 Å². The number of amides is 1. The van der Waals surface area contributed by atoms with E-state index in [-0.39, 0.29) is 12.5 Å². The molecule has 0 aliphatic carbocycles. The molecule has 1 fully saturated rings. The zero-order valence-corrected chi connectivity index (χ0v) is 16.0. The van der Waals surface area contributed by atoms with Crippen molar-refractivity contribution in [3.8, 4) is 5.75 Å². The van der Waals surface area contributed by atoms with Crippen LogP contribution >= 0.6 is 0 Å². The van der Waals surface area contributed by atoms with Crippen LogP contribution in [0.2, 0.25) is 0 Å². The number of nitrogens with one attached hydrogen (secondary N) is 1. The molecule has 3 rings (SSSR count). The van der Waals surface area contributed by atoms with Gasteiger partial charge in [0, 0.05) is 32.4 Å². The first-order valence-corrected chi connectivity index (χ1v) is 9.36. The predicted molar refractivity (Wildman–Crippen MR) is 102 cm³/mol. The summed E-state index contributed by atoms with van der Waals surface area (Å²) in [6.45, 7) is 4.68. The van der Waals surface area contributed by atoms with Crippen LogP contribution in [0.25, 0.3) is 0 Å². The summed E-state index contributed by atoms with van der Waals surface area (Å²) in [5.74, 6) is 0.557. The van der Waals surface area contributed by atoms with Crippen molar-refractivity contribution < 1.29 is 14.6 Å². The Balaban J connectivity index is 1.54. The van der Waals surface area contributed by atoms with Crippen LogP contribution in [0, 0.1) is 6.92 Å². The Bertz CT molecular complexity index is 776. The van der Waals surface area contributed by atoms with E-state index >= 15 is 0 Å². The number of hydrogen-bond donors (Lipinski definition) is 2. The number of likely N-dealkylation sites (tertiary alicyclic amines) is 1. The zero-order valence-electron chi connectivity index (χ0n) is 16.0. The Morgan fingerprint density at radius 1 is 1.37 bits per heavy atom. The van der Waals surface area contributed by atoms with Crippen LogP contribution in [-0.2, 0) is 17.9 Å². The van der Waals surface area contributed by atoms with Gasteiger partial charge in [0.2, 0.25) is 0 Å². The molecule has 1 atom stereocenters. The molecule has 1 aliphatic rings. The molecule has 7 nitrogen and oxygen atoms in total. The van der Waals surface area contributed by atoms with Crippen molar-refractivity contribution in [1.82, 2.24) is 20.0 Å². The number of aliphatic hydroxyl groups is 1. The standard InChI is InChI=1S/C20H28N4O3/c1-16-7-11-24(22-16)12-9-21-15-20(26)8-4-10-23(19(20)25)14-17-5-3-6-18(13-17)27-2/h3,5-7,11,13,21,26H,4,8-10,12,14-15H2,1-2H3/t20-/m0/s1. The summed E-state index contributed by atoms with van der Waals surface area (Å²) in [6.07, 6.45) is 3.19. The second kappa shape index (κ2) is 8.54. The predicted octanol–water partition coefficient (Wildman–Crippen LogP) is 1.34. The molecule has 1 amide bonds. The molecule has 1 saturated heterocycles. The maximum atomic E-state index is 12.9. The molecule has 27 heavy (non-hydrogen) atoms. The number of methoxy groups -OCH3 is 1. The number of benzene rings is 1. The van der Waals surface area contributed by atoms with Gasteiger partial charge < -0.3 is 20.1 Å². The first kappa shape index (κ1) is 19.4. The summed E-state index contributed by atoms with van der Waals surface area (Å²) < 4.78 is 7.10.